The van der Waals surface area contributed by atoms with Gasteiger partial charge in [0.05, 0.1) is 67.2 Å². The average molecular weight is 586 g/mol. The number of para-hydroxylation sites is 2. The van der Waals surface area contributed by atoms with Crippen LogP contribution in [-0.4, -0.2) is 74.4 Å². The minimum atomic E-state index is -1.01. The van der Waals surface area contributed by atoms with E-state index in [2.05, 4.69) is 15.6 Å². The van der Waals surface area contributed by atoms with Crippen LogP contribution in [0.15, 0.2) is 60.7 Å². The molecule has 0 spiro atoms. The molecule has 2 heterocycles. The number of benzene rings is 3. The van der Waals surface area contributed by atoms with Gasteiger partial charge in [-0.3, -0.25) is 10.2 Å². The number of aromatic nitrogens is 4. The van der Waals surface area contributed by atoms with Crippen LogP contribution in [0.5, 0.6) is 11.5 Å². The van der Waals surface area contributed by atoms with E-state index in [9.17, 15) is 15.0 Å². The summed E-state index contributed by atoms with van der Waals surface area (Å²) in [4.78, 5) is 25.8. The molecule has 224 valence electrons. The number of aromatic amines is 1. The lowest BCUT2D eigenvalue weighted by Crippen LogP contribution is -2.28. The van der Waals surface area contributed by atoms with Crippen molar-refractivity contribution >= 4 is 33.8 Å². The lowest BCUT2D eigenvalue weighted by Gasteiger charge is -2.13. The molecular weight excluding hydrogens is 550 g/mol. The van der Waals surface area contributed by atoms with Gasteiger partial charge in [0.2, 0.25) is 0 Å². The minimum Gasteiger partial charge on any atom is -0.493 e. The number of hydrogen-bond acceptors (Lipinski definition) is 8. The summed E-state index contributed by atoms with van der Waals surface area (Å²) in [5.74, 6) is 2.65. The van der Waals surface area contributed by atoms with E-state index in [-0.39, 0.29) is 25.6 Å². The topological polar surface area (TPSA) is 170 Å². The Morgan fingerprint density at radius 3 is 2.65 bits per heavy atom. The van der Waals surface area contributed by atoms with Crippen molar-refractivity contribution < 1.29 is 24.5 Å². The number of methoxy groups -OCH3 is 1. The van der Waals surface area contributed by atoms with Crippen LogP contribution in [0.1, 0.15) is 34.5 Å². The molecule has 2 aromatic heterocycles. The Bertz CT molecular complexity index is 1750. The zero-order valence-electron chi connectivity index (χ0n) is 24.1. The third-order valence-electron chi connectivity index (χ3n) is 6.89. The first-order chi connectivity index (χ1) is 20.8. The van der Waals surface area contributed by atoms with Crippen LogP contribution in [0, 0.1) is 5.41 Å². The van der Waals surface area contributed by atoms with Gasteiger partial charge in [0, 0.05) is 12.1 Å². The standard InChI is InChI=1S/C31H35N7O5/c1-19(32)34-16-20-7-9-23-25(13-20)36-29(35-23)15-30-37-24-10-8-21(14-26(24)38(30)17-22(40)18-39)31(41)33-11-12-43-28-6-4-3-5-27(28)42-2/h3-10,13-14,22,39-40H,11-12,15-18H2,1-2H3,(H2,32,34)(H,33,41)(H,35,36). The molecule has 0 saturated carbocycles. The number of carbonyl (C=O) groups is 1. The van der Waals surface area contributed by atoms with Gasteiger partial charge in [-0.1, -0.05) is 18.2 Å². The summed E-state index contributed by atoms with van der Waals surface area (Å²) in [6.07, 6.45) is -0.667. The fourth-order valence-corrected chi connectivity index (χ4v) is 4.77. The predicted octanol–water partition coefficient (Wildman–Crippen LogP) is 2.76. The average Bonchev–Trinajstić information content (AvgIpc) is 3.57. The summed E-state index contributed by atoms with van der Waals surface area (Å²) < 4.78 is 12.8. The fourth-order valence-electron chi connectivity index (χ4n) is 4.77. The second-order valence-corrected chi connectivity index (χ2v) is 10.1. The zero-order chi connectivity index (χ0) is 30.3. The number of rotatable bonds is 13. The molecule has 0 aliphatic carbocycles. The zero-order valence-corrected chi connectivity index (χ0v) is 24.1. The molecule has 12 heteroatoms. The van der Waals surface area contributed by atoms with Crippen LogP contribution < -0.4 is 20.1 Å². The molecule has 0 aliphatic rings. The highest BCUT2D eigenvalue weighted by atomic mass is 16.5. The summed E-state index contributed by atoms with van der Waals surface area (Å²) in [6, 6.07) is 18.4. The molecule has 43 heavy (non-hydrogen) atoms. The van der Waals surface area contributed by atoms with E-state index in [0.717, 1.165) is 16.6 Å². The Morgan fingerprint density at radius 1 is 1.07 bits per heavy atom. The Hall–Kier alpha value is -4.94. The molecule has 0 aliphatic heterocycles. The molecule has 5 aromatic rings. The molecule has 5 rings (SSSR count). The Morgan fingerprint density at radius 2 is 1.88 bits per heavy atom. The third kappa shape index (κ3) is 7.11. The van der Waals surface area contributed by atoms with Crippen molar-refractivity contribution in [2.75, 3.05) is 26.9 Å². The molecule has 1 atom stereocenters. The first-order valence-corrected chi connectivity index (χ1v) is 13.9. The van der Waals surface area contributed by atoms with Crippen LogP contribution in [0.4, 0.5) is 0 Å². The van der Waals surface area contributed by atoms with Crippen LogP contribution in [0.2, 0.25) is 0 Å². The molecule has 0 saturated heterocycles. The number of nitrogens with one attached hydrogen (secondary N) is 4. The largest absolute Gasteiger partial charge is 0.493 e. The van der Waals surface area contributed by atoms with E-state index in [1.54, 1.807) is 44.4 Å². The maximum atomic E-state index is 13.0. The van der Waals surface area contributed by atoms with Crippen LogP contribution in [0.3, 0.4) is 0 Å². The summed E-state index contributed by atoms with van der Waals surface area (Å²) >= 11 is 0. The second-order valence-electron chi connectivity index (χ2n) is 10.1. The highest BCUT2D eigenvalue weighted by Gasteiger charge is 2.18. The smallest absolute Gasteiger partial charge is 0.251 e. The molecule has 6 N–H and O–H groups in total. The van der Waals surface area contributed by atoms with E-state index in [0.29, 0.717) is 58.5 Å². The third-order valence-corrected chi connectivity index (χ3v) is 6.89. The van der Waals surface area contributed by atoms with Gasteiger partial charge in [-0.15, -0.1) is 0 Å². The van der Waals surface area contributed by atoms with Crippen molar-refractivity contribution in [2.24, 2.45) is 0 Å². The number of amidine groups is 1. The van der Waals surface area contributed by atoms with Gasteiger partial charge in [-0.25, -0.2) is 9.97 Å². The number of amides is 1. The lowest BCUT2D eigenvalue weighted by molar-refractivity contribution is 0.0815. The maximum Gasteiger partial charge on any atom is 0.251 e. The van der Waals surface area contributed by atoms with Gasteiger partial charge in [0.25, 0.3) is 5.91 Å². The second kappa shape index (κ2) is 13.4. The number of imidazole rings is 2. The minimum absolute atomic E-state index is 0.0964. The fraction of sp³-hybridized carbons (Fsp3) is 0.290. The monoisotopic (exact) mass is 585 g/mol. The molecule has 1 amide bonds. The van der Waals surface area contributed by atoms with Crippen molar-refractivity contribution in [1.29, 1.82) is 5.41 Å². The van der Waals surface area contributed by atoms with E-state index in [1.807, 2.05) is 34.9 Å². The number of ether oxygens (including phenoxy) is 2. The van der Waals surface area contributed by atoms with Crippen molar-refractivity contribution in [2.45, 2.75) is 32.5 Å². The summed E-state index contributed by atoms with van der Waals surface area (Å²) in [6.45, 7) is 2.46. The summed E-state index contributed by atoms with van der Waals surface area (Å²) in [7, 11) is 1.57. The van der Waals surface area contributed by atoms with Gasteiger partial charge in [-0.05, 0) is 55.0 Å². The number of H-pyrrole nitrogens is 1. The highest BCUT2D eigenvalue weighted by molar-refractivity contribution is 5.97. The summed E-state index contributed by atoms with van der Waals surface area (Å²) in [5.41, 5.74) is 4.42. The van der Waals surface area contributed by atoms with Crippen molar-refractivity contribution in [3.8, 4) is 11.5 Å². The maximum absolute atomic E-state index is 13.0. The Balaban J connectivity index is 1.33. The quantitative estimate of drug-likeness (QED) is 0.0696. The van der Waals surface area contributed by atoms with Crippen LogP contribution in [0.25, 0.3) is 22.1 Å². The number of aliphatic hydroxyl groups excluding tert-OH is 2. The first-order valence-electron chi connectivity index (χ1n) is 13.9. The Kier molecular flexibility index (Phi) is 9.18. The molecular formula is C31H35N7O5. The van der Waals surface area contributed by atoms with Gasteiger partial charge in [0.1, 0.15) is 18.3 Å². The van der Waals surface area contributed by atoms with Gasteiger partial charge >= 0.3 is 0 Å². The van der Waals surface area contributed by atoms with Crippen molar-refractivity contribution in [3.05, 3.63) is 83.4 Å². The Labute approximate surface area is 248 Å². The van der Waals surface area contributed by atoms with Crippen LogP contribution in [-0.2, 0) is 19.5 Å². The molecule has 12 nitrogen and oxygen atoms in total. The van der Waals surface area contributed by atoms with Gasteiger partial charge in [0.15, 0.2) is 11.5 Å². The van der Waals surface area contributed by atoms with Gasteiger partial charge < -0.3 is 39.9 Å². The number of nitrogens with zero attached hydrogens (tertiary/aromatic N) is 3. The first kappa shape index (κ1) is 29.5. The predicted molar refractivity (Wildman–Crippen MR) is 163 cm³/mol. The molecule has 0 fully saturated rings. The van der Waals surface area contributed by atoms with E-state index in [1.165, 1.54) is 0 Å². The molecule has 3 aromatic carbocycles. The summed E-state index contributed by atoms with van der Waals surface area (Å²) in [5, 5.41) is 33.3. The number of aliphatic hydroxyl groups is 2. The van der Waals surface area contributed by atoms with Gasteiger partial charge in [-0.2, -0.15) is 0 Å². The van der Waals surface area contributed by atoms with E-state index < -0.39 is 12.7 Å². The SMILES string of the molecule is COc1ccccc1OCCNC(=O)c1ccc2nc(Cc3nc4cc(CNC(C)=N)ccc4[nH]3)n(CC(O)CO)c2c1. The van der Waals surface area contributed by atoms with E-state index >= 15 is 0 Å². The normalized spacial score (nSPS) is 11.9. The highest BCUT2D eigenvalue weighted by Crippen LogP contribution is 2.26. The number of carbonyl (C=O) groups excluding carboxylic acids is 1. The van der Waals surface area contributed by atoms with E-state index in [4.69, 9.17) is 24.9 Å². The number of fused-ring (bicyclic) bond motifs is 2. The molecule has 0 bridgehead atoms. The van der Waals surface area contributed by atoms with Crippen LogP contribution >= 0.6 is 0 Å². The van der Waals surface area contributed by atoms with Crippen molar-refractivity contribution in [3.63, 3.8) is 0 Å². The molecule has 0 radical (unpaired) electrons. The molecule has 1 unspecified atom stereocenters. The van der Waals surface area contributed by atoms with Crippen molar-refractivity contribution in [1.82, 2.24) is 30.2 Å². The lowest BCUT2D eigenvalue weighted by atomic mass is 10.2. The number of hydrogen-bond donors (Lipinski definition) is 6.